The molecule has 0 aliphatic carbocycles. The van der Waals surface area contributed by atoms with Crippen LogP contribution in [-0.4, -0.2) is 30.3 Å². The maximum absolute atomic E-state index is 10.2. The van der Waals surface area contributed by atoms with Crippen LogP contribution < -0.4 is 0 Å². The summed E-state index contributed by atoms with van der Waals surface area (Å²) in [5.74, 6) is 0.459. The van der Waals surface area contributed by atoms with Gasteiger partial charge in [-0.2, -0.15) is 0 Å². The smallest absolute Gasteiger partial charge is 0.153 e. The van der Waals surface area contributed by atoms with E-state index in [1.807, 2.05) is 60.7 Å². The Kier molecular flexibility index (Phi) is 10.0. The first-order valence-corrected chi connectivity index (χ1v) is 16.4. The fourth-order valence-electron chi connectivity index (χ4n) is 5.52. The van der Waals surface area contributed by atoms with Gasteiger partial charge < -0.3 is 30.3 Å². The maximum Gasteiger partial charge on any atom is 0.153 e. The zero-order chi connectivity index (χ0) is 32.2. The molecule has 0 saturated carbocycles. The number of benzene rings is 3. The minimum Gasteiger partial charge on any atom is -0.505 e. The number of hydrogen-bond acceptors (Lipinski definition) is 6. The van der Waals surface area contributed by atoms with Crippen molar-refractivity contribution in [2.75, 3.05) is 0 Å². The van der Waals surface area contributed by atoms with Crippen LogP contribution in [0.2, 0.25) is 0 Å². The molecule has 0 bridgehead atoms. The number of nitrogens with one attached hydrogen (secondary N) is 3. The second-order valence-corrected chi connectivity index (χ2v) is 12.6. The quantitative estimate of drug-likeness (QED) is 0.0755. The zero-order valence-corrected chi connectivity index (χ0v) is 28.0. The largest absolute Gasteiger partial charge is 0.505 e. The summed E-state index contributed by atoms with van der Waals surface area (Å²) in [5.41, 5.74) is 6.85. The van der Waals surface area contributed by atoms with Crippen molar-refractivity contribution in [3.63, 3.8) is 0 Å². The molecule has 0 unspecified atom stereocenters. The fraction of sp³-hybridized carbons (Fsp3) is 0.250. The summed E-state index contributed by atoms with van der Waals surface area (Å²) < 4.78 is 1.44. The summed E-state index contributed by atoms with van der Waals surface area (Å²) in [5, 5.41) is 32.9. The molecule has 0 amide bonds. The minimum atomic E-state index is 0.103. The van der Waals surface area contributed by atoms with E-state index in [2.05, 4.69) is 21.9 Å². The van der Waals surface area contributed by atoms with Gasteiger partial charge in [-0.25, -0.2) is 0 Å². The Labute approximate surface area is 277 Å². The molecule has 45 heavy (non-hydrogen) atoms. The predicted molar refractivity (Wildman–Crippen MR) is 193 cm³/mol. The van der Waals surface area contributed by atoms with E-state index in [1.165, 1.54) is 25.7 Å². The van der Waals surface area contributed by atoms with Gasteiger partial charge in [-0.05, 0) is 68.1 Å². The lowest BCUT2D eigenvalue weighted by atomic mass is 10.0. The highest BCUT2D eigenvalue weighted by Gasteiger charge is 2.10. The standard InChI is InChI=1S/C20H16N2O2S2.C16H21NOS/c1-9-17(23)19(25)13-7-11(3-5-15(13)21-9)12-4-6-16-14(8-12)20(26)18(24)10(2)22-16;1-2-3-4-5-6-11-14-15(18)16(19)12-9-7-8-10-13(12)17-14/h3-8,23-24H,1-2H3,(H,21,25)(H,22,26);7-10,18H,2-6,11H2,1H3,(H,17,19). The van der Waals surface area contributed by atoms with Gasteiger partial charge in [-0.15, -0.1) is 0 Å². The summed E-state index contributed by atoms with van der Waals surface area (Å²) in [6.07, 6.45) is 6.98. The molecule has 6 rings (SSSR count). The van der Waals surface area contributed by atoms with Crippen molar-refractivity contribution in [3.8, 4) is 28.4 Å². The molecule has 6 aromatic rings. The van der Waals surface area contributed by atoms with Gasteiger partial charge in [-0.1, -0.05) is 99.6 Å². The Morgan fingerprint density at radius 1 is 0.556 bits per heavy atom. The summed E-state index contributed by atoms with van der Waals surface area (Å²) in [6.45, 7) is 5.79. The molecular formula is C36H37N3O3S3. The molecule has 3 aromatic carbocycles. The van der Waals surface area contributed by atoms with Crippen molar-refractivity contribution in [2.24, 2.45) is 0 Å². The molecule has 0 spiro atoms. The van der Waals surface area contributed by atoms with Crippen molar-refractivity contribution in [1.82, 2.24) is 15.0 Å². The summed E-state index contributed by atoms with van der Waals surface area (Å²) in [7, 11) is 0. The Morgan fingerprint density at radius 3 is 1.60 bits per heavy atom. The van der Waals surface area contributed by atoms with Crippen LogP contribution in [0.4, 0.5) is 0 Å². The highest BCUT2D eigenvalue weighted by Crippen LogP contribution is 2.32. The topological polar surface area (TPSA) is 108 Å². The van der Waals surface area contributed by atoms with Crippen LogP contribution in [0.1, 0.15) is 56.1 Å². The fourth-order valence-corrected chi connectivity index (χ4v) is 6.47. The molecule has 0 atom stereocenters. The number of rotatable bonds is 7. The lowest BCUT2D eigenvalue weighted by molar-refractivity contribution is 0.461. The zero-order valence-electron chi connectivity index (χ0n) is 25.6. The molecule has 9 heteroatoms. The van der Waals surface area contributed by atoms with Gasteiger partial charge >= 0.3 is 0 Å². The molecular weight excluding hydrogens is 619 g/mol. The third-order valence-electron chi connectivity index (χ3n) is 8.14. The summed E-state index contributed by atoms with van der Waals surface area (Å²) in [4.78, 5) is 9.63. The van der Waals surface area contributed by atoms with Gasteiger partial charge in [0, 0.05) is 32.7 Å². The van der Waals surface area contributed by atoms with Gasteiger partial charge in [0.25, 0.3) is 0 Å². The van der Waals surface area contributed by atoms with E-state index in [-0.39, 0.29) is 17.2 Å². The van der Waals surface area contributed by atoms with Gasteiger partial charge in [-0.3, -0.25) is 0 Å². The molecule has 0 aliphatic heterocycles. The van der Waals surface area contributed by atoms with E-state index in [4.69, 9.17) is 36.7 Å². The lowest BCUT2D eigenvalue weighted by Crippen LogP contribution is -1.94. The van der Waals surface area contributed by atoms with Crippen molar-refractivity contribution in [2.45, 2.75) is 59.3 Å². The Bertz CT molecular complexity index is 2110. The van der Waals surface area contributed by atoms with E-state index in [0.29, 0.717) is 24.9 Å². The number of hydrogen-bond donors (Lipinski definition) is 6. The maximum atomic E-state index is 10.2. The van der Waals surface area contributed by atoms with Crippen LogP contribution in [0.15, 0.2) is 60.7 Å². The summed E-state index contributed by atoms with van der Waals surface area (Å²) >= 11 is 16.1. The van der Waals surface area contributed by atoms with E-state index >= 15 is 0 Å². The number of pyridine rings is 3. The highest BCUT2D eigenvalue weighted by molar-refractivity contribution is 7.72. The van der Waals surface area contributed by atoms with Gasteiger partial charge in [0.2, 0.25) is 0 Å². The van der Waals surface area contributed by atoms with E-state index in [0.717, 1.165) is 62.4 Å². The first-order chi connectivity index (χ1) is 21.6. The number of aryl methyl sites for hydroxylation is 3. The first-order valence-electron chi connectivity index (χ1n) is 15.1. The molecule has 0 radical (unpaired) electrons. The molecule has 0 fully saturated rings. The molecule has 3 heterocycles. The Hall–Kier alpha value is -4.05. The second-order valence-electron chi connectivity index (χ2n) is 11.4. The predicted octanol–water partition coefficient (Wildman–Crippen LogP) is 10.9. The monoisotopic (exact) mass is 655 g/mol. The number of para-hydroxylation sites is 1. The molecule has 0 saturated heterocycles. The number of H-pyrrole nitrogens is 3. The van der Waals surface area contributed by atoms with E-state index < -0.39 is 0 Å². The Morgan fingerprint density at radius 2 is 1.04 bits per heavy atom. The lowest BCUT2D eigenvalue weighted by Gasteiger charge is -2.10. The highest BCUT2D eigenvalue weighted by atomic mass is 32.1. The number of fused-ring (bicyclic) bond motifs is 3. The number of aromatic amines is 3. The van der Waals surface area contributed by atoms with E-state index in [9.17, 15) is 15.3 Å². The second kappa shape index (κ2) is 13.9. The van der Waals surface area contributed by atoms with E-state index in [1.54, 1.807) is 13.8 Å². The molecule has 232 valence electrons. The molecule has 6 N–H and O–H groups in total. The van der Waals surface area contributed by atoms with Crippen LogP contribution in [0.3, 0.4) is 0 Å². The van der Waals surface area contributed by atoms with Crippen molar-refractivity contribution >= 4 is 69.4 Å². The van der Waals surface area contributed by atoms with Crippen molar-refractivity contribution in [3.05, 3.63) is 91.3 Å². The summed E-state index contributed by atoms with van der Waals surface area (Å²) in [6, 6.07) is 19.7. The van der Waals surface area contributed by atoms with Crippen molar-refractivity contribution < 1.29 is 15.3 Å². The number of unbranched alkanes of at least 4 members (excludes halogenated alkanes) is 4. The molecule has 3 aromatic heterocycles. The van der Waals surface area contributed by atoms with Gasteiger partial charge in [0.05, 0.1) is 30.6 Å². The average molecular weight is 656 g/mol. The van der Waals surface area contributed by atoms with Crippen molar-refractivity contribution in [1.29, 1.82) is 0 Å². The van der Waals surface area contributed by atoms with Crippen LogP contribution >= 0.6 is 36.7 Å². The third-order valence-corrected chi connectivity index (χ3v) is 9.37. The minimum absolute atomic E-state index is 0.103. The molecule has 6 nitrogen and oxygen atoms in total. The van der Waals surface area contributed by atoms with Crippen LogP contribution in [0, 0.1) is 27.4 Å². The van der Waals surface area contributed by atoms with Crippen LogP contribution in [-0.2, 0) is 6.42 Å². The van der Waals surface area contributed by atoms with Crippen LogP contribution in [0.25, 0.3) is 43.8 Å². The normalized spacial score (nSPS) is 11.2. The average Bonchev–Trinajstić information content (AvgIpc) is 3.05. The number of aromatic hydroxyl groups is 3. The molecule has 0 aliphatic rings. The van der Waals surface area contributed by atoms with Gasteiger partial charge in [0.15, 0.2) is 17.2 Å². The number of aromatic nitrogens is 3. The Balaban J connectivity index is 0.000000187. The van der Waals surface area contributed by atoms with Gasteiger partial charge in [0.1, 0.15) is 0 Å². The third kappa shape index (κ3) is 6.81. The van der Waals surface area contributed by atoms with Crippen LogP contribution in [0.5, 0.6) is 17.2 Å². The first kappa shape index (κ1) is 32.3. The SMILES string of the molecule is CCCCCCCc1[nH]c2ccccc2c(=S)c1O.Cc1[nH]c2ccc(-c3ccc4[nH]c(C)c(O)c(=S)c4c3)cc2c(=S)c1O.